The Morgan fingerprint density at radius 1 is 1.29 bits per heavy atom. The minimum Gasteiger partial charge on any atom is -0.388 e. The van der Waals surface area contributed by atoms with Gasteiger partial charge >= 0.3 is 0 Å². The first-order chi connectivity index (χ1) is 6.71. The number of fused-ring (bicyclic) bond motifs is 4. The van der Waals surface area contributed by atoms with E-state index in [1.807, 2.05) is 6.07 Å². The molecule has 1 aromatic carbocycles. The van der Waals surface area contributed by atoms with Gasteiger partial charge in [0, 0.05) is 0 Å². The largest absolute Gasteiger partial charge is 0.388 e. The SMILES string of the molecule is NC1c2ccccc2C2CCC1(O)C2. The lowest BCUT2D eigenvalue weighted by atomic mass is 9.77. The zero-order valence-electron chi connectivity index (χ0n) is 8.11. The summed E-state index contributed by atoms with van der Waals surface area (Å²) in [6.07, 6.45) is 2.79. The highest BCUT2D eigenvalue weighted by Gasteiger charge is 2.48. The monoisotopic (exact) mass is 189 g/mol. The van der Waals surface area contributed by atoms with Crippen molar-refractivity contribution in [3.05, 3.63) is 35.4 Å². The molecule has 3 rings (SSSR count). The van der Waals surface area contributed by atoms with E-state index >= 15 is 0 Å². The summed E-state index contributed by atoms with van der Waals surface area (Å²) in [5, 5.41) is 10.3. The van der Waals surface area contributed by atoms with Crippen LogP contribution in [0.5, 0.6) is 0 Å². The molecule has 2 nitrogen and oxygen atoms in total. The molecule has 0 radical (unpaired) electrons. The number of hydrogen-bond acceptors (Lipinski definition) is 2. The normalized spacial score (nSPS) is 39.6. The highest BCUT2D eigenvalue weighted by atomic mass is 16.3. The third kappa shape index (κ3) is 0.928. The Labute approximate surface area is 83.7 Å². The van der Waals surface area contributed by atoms with Crippen molar-refractivity contribution in [2.45, 2.75) is 36.8 Å². The van der Waals surface area contributed by atoms with Gasteiger partial charge in [0.1, 0.15) is 0 Å². The van der Waals surface area contributed by atoms with Gasteiger partial charge in [-0.3, -0.25) is 0 Å². The summed E-state index contributed by atoms with van der Waals surface area (Å²) in [5.41, 5.74) is 8.01. The summed E-state index contributed by atoms with van der Waals surface area (Å²) < 4.78 is 0. The van der Waals surface area contributed by atoms with E-state index in [1.165, 1.54) is 5.56 Å². The van der Waals surface area contributed by atoms with E-state index in [0.717, 1.165) is 24.8 Å². The fourth-order valence-electron chi connectivity index (χ4n) is 3.06. The Balaban J connectivity index is 2.19. The third-order valence-electron chi connectivity index (χ3n) is 3.88. The molecule has 0 spiro atoms. The predicted octanol–water partition coefficient (Wildman–Crippen LogP) is 1.70. The Bertz CT molecular complexity index is 376. The molecule has 74 valence electrons. The zero-order valence-corrected chi connectivity index (χ0v) is 8.11. The summed E-state index contributed by atoms with van der Waals surface area (Å²) >= 11 is 0. The van der Waals surface area contributed by atoms with Crippen LogP contribution in [0.1, 0.15) is 42.3 Å². The van der Waals surface area contributed by atoms with Crippen LogP contribution in [0.15, 0.2) is 24.3 Å². The second-order valence-corrected chi connectivity index (χ2v) is 4.65. The number of aliphatic hydroxyl groups is 1. The Hall–Kier alpha value is -0.860. The van der Waals surface area contributed by atoms with E-state index in [4.69, 9.17) is 5.73 Å². The van der Waals surface area contributed by atoms with E-state index in [9.17, 15) is 5.11 Å². The molecule has 3 atom stereocenters. The Morgan fingerprint density at radius 2 is 2.00 bits per heavy atom. The molecular formula is C12H15NO. The lowest BCUT2D eigenvalue weighted by Gasteiger charge is -2.36. The van der Waals surface area contributed by atoms with Crippen molar-refractivity contribution in [1.82, 2.24) is 0 Å². The average Bonchev–Trinajstić information content (AvgIpc) is 2.57. The number of benzene rings is 1. The van der Waals surface area contributed by atoms with E-state index in [1.54, 1.807) is 0 Å². The lowest BCUT2D eigenvalue weighted by Crippen LogP contribution is -2.41. The van der Waals surface area contributed by atoms with Crippen LogP contribution in [0.2, 0.25) is 0 Å². The molecule has 3 N–H and O–H groups in total. The van der Waals surface area contributed by atoms with Gasteiger partial charge in [-0.15, -0.1) is 0 Å². The summed E-state index contributed by atoms with van der Waals surface area (Å²) in [4.78, 5) is 0. The van der Waals surface area contributed by atoms with Crippen LogP contribution in [-0.2, 0) is 0 Å². The summed E-state index contributed by atoms with van der Waals surface area (Å²) in [6, 6.07) is 8.10. The molecule has 1 fully saturated rings. The molecule has 2 aliphatic carbocycles. The molecule has 2 aliphatic rings. The molecular weight excluding hydrogens is 174 g/mol. The highest BCUT2D eigenvalue weighted by molar-refractivity contribution is 5.40. The van der Waals surface area contributed by atoms with Crippen molar-refractivity contribution >= 4 is 0 Å². The van der Waals surface area contributed by atoms with Gasteiger partial charge in [-0.05, 0) is 36.3 Å². The Kier molecular flexibility index (Phi) is 1.56. The van der Waals surface area contributed by atoms with Gasteiger partial charge in [-0.1, -0.05) is 24.3 Å². The molecule has 2 heteroatoms. The lowest BCUT2D eigenvalue weighted by molar-refractivity contribution is 0.0144. The van der Waals surface area contributed by atoms with Gasteiger partial charge < -0.3 is 10.8 Å². The van der Waals surface area contributed by atoms with Gasteiger partial charge in [0.25, 0.3) is 0 Å². The summed E-state index contributed by atoms with van der Waals surface area (Å²) in [5.74, 6) is 0.538. The molecule has 0 aromatic heterocycles. The van der Waals surface area contributed by atoms with Crippen molar-refractivity contribution in [2.24, 2.45) is 5.73 Å². The van der Waals surface area contributed by atoms with E-state index in [-0.39, 0.29) is 6.04 Å². The van der Waals surface area contributed by atoms with Gasteiger partial charge in [0.2, 0.25) is 0 Å². The van der Waals surface area contributed by atoms with Crippen LogP contribution >= 0.6 is 0 Å². The topological polar surface area (TPSA) is 46.2 Å². The van der Waals surface area contributed by atoms with Crippen LogP contribution in [0, 0.1) is 0 Å². The standard InChI is InChI=1S/C12H15NO/c13-11-10-4-2-1-3-9(10)8-5-6-12(11,14)7-8/h1-4,8,11,14H,5-7,13H2. The van der Waals surface area contributed by atoms with Crippen LogP contribution in [-0.4, -0.2) is 10.7 Å². The smallest absolute Gasteiger partial charge is 0.0845 e. The molecule has 0 amide bonds. The first-order valence-electron chi connectivity index (χ1n) is 5.27. The van der Waals surface area contributed by atoms with Crippen molar-refractivity contribution < 1.29 is 5.11 Å². The molecule has 1 saturated carbocycles. The first-order valence-corrected chi connectivity index (χ1v) is 5.27. The van der Waals surface area contributed by atoms with Crippen LogP contribution < -0.4 is 5.73 Å². The highest BCUT2D eigenvalue weighted by Crippen LogP contribution is 2.52. The van der Waals surface area contributed by atoms with Crippen LogP contribution in [0.3, 0.4) is 0 Å². The predicted molar refractivity (Wildman–Crippen MR) is 54.9 cm³/mol. The quantitative estimate of drug-likeness (QED) is 0.652. The molecule has 3 unspecified atom stereocenters. The second-order valence-electron chi connectivity index (χ2n) is 4.65. The van der Waals surface area contributed by atoms with E-state index in [2.05, 4.69) is 18.2 Å². The van der Waals surface area contributed by atoms with Crippen molar-refractivity contribution in [2.75, 3.05) is 0 Å². The maximum absolute atomic E-state index is 10.3. The van der Waals surface area contributed by atoms with E-state index in [0.29, 0.717) is 5.92 Å². The van der Waals surface area contributed by atoms with Crippen LogP contribution in [0.25, 0.3) is 0 Å². The maximum atomic E-state index is 10.3. The molecule has 14 heavy (non-hydrogen) atoms. The average molecular weight is 189 g/mol. The Morgan fingerprint density at radius 3 is 2.79 bits per heavy atom. The van der Waals surface area contributed by atoms with Crippen molar-refractivity contribution in [3.63, 3.8) is 0 Å². The molecule has 2 bridgehead atoms. The van der Waals surface area contributed by atoms with Crippen molar-refractivity contribution in [3.8, 4) is 0 Å². The summed E-state index contributed by atoms with van der Waals surface area (Å²) in [7, 11) is 0. The molecule has 1 aromatic rings. The fourth-order valence-corrected chi connectivity index (χ4v) is 3.06. The first kappa shape index (κ1) is 8.45. The minimum absolute atomic E-state index is 0.183. The van der Waals surface area contributed by atoms with Crippen molar-refractivity contribution in [1.29, 1.82) is 0 Å². The third-order valence-corrected chi connectivity index (χ3v) is 3.88. The zero-order chi connectivity index (χ0) is 9.76. The van der Waals surface area contributed by atoms with Gasteiger partial charge in [0.15, 0.2) is 0 Å². The number of rotatable bonds is 0. The second kappa shape index (κ2) is 2.59. The van der Waals surface area contributed by atoms with Gasteiger partial charge in [0.05, 0.1) is 11.6 Å². The van der Waals surface area contributed by atoms with Crippen LogP contribution in [0.4, 0.5) is 0 Å². The fraction of sp³-hybridized carbons (Fsp3) is 0.500. The number of hydrogen-bond donors (Lipinski definition) is 2. The van der Waals surface area contributed by atoms with E-state index < -0.39 is 5.60 Å². The maximum Gasteiger partial charge on any atom is 0.0845 e. The van der Waals surface area contributed by atoms with Gasteiger partial charge in [-0.25, -0.2) is 0 Å². The minimum atomic E-state index is -0.626. The number of nitrogens with two attached hydrogens (primary N) is 1. The molecule has 0 heterocycles. The molecule has 0 aliphatic heterocycles. The summed E-state index contributed by atoms with van der Waals surface area (Å²) in [6.45, 7) is 0. The molecule has 0 saturated heterocycles. The van der Waals surface area contributed by atoms with Gasteiger partial charge in [-0.2, -0.15) is 0 Å².